The molecule has 0 bridgehead atoms. The van der Waals surface area contributed by atoms with E-state index in [1.165, 1.54) is 82.8 Å². The summed E-state index contributed by atoms with van der Waals surface area (Å²) < 4.78 is 8.84. The summed E-state index contributed by atoms with van der Waals surface area (Å²) in [5, 5.41) is 5.15. The number of allylic oxidation sites excluding steroid dienone is 5. The zero-order chi connectivity index (χ0) is 32.7. The van der Waals surface area contributed by atoms with E-state index in [2.05, 4.69) is 141 Å². The molecule has 7 aromatic rings. The summed E-state index contributed by atoms with van der Waals surface area (Å²) in [6.45, 7) is 14.3. The van der Waals surface area contributed by atoms with Gasteiger partial charge in [0.25, 0.3) is 0 Å². The van der Waals surface area contributed by atoms with Gasteiger partial charge in [0.1, 0.15) is 5.75 Å². The van der Waals surface area contributed by atoms with E-state index >= 15 is 0 Å². The van der Waals surface area contributed by atoms with Crippen LogP contribution in [0.1, 0.15) is 37.5 Å². The van der Waals surface area contributed by atoms with E-state index in [4.69, 9.17) is 4.74 Å². The van der Waals surface area contributed by atoms with Gasteiger partial charge in [-0.15, -0.1) is 6.58 Å². The summed E-state index contributed by atoms with van der Waals surface area (Å²) in [7, 11) is 0. The van der Waals surface area contributed by atoms with Crippen LogP contribution in [0.3, 0.4) is 0 Å². The van der Waals surface area contributed by atoms with E-state index in [1.807, 2.05) is 19.1 Å². The first-order valence-corrected chi connectivity index (χ1v) is 16.6. The predicted molar refractivity (Wildman–Crippen MR) is 204 cm³/mol. The lowest BCUT2D eigenvalue weighted by Crippen LogP contribution is -2.17. The highest BCUT2D eigenvalue weighted by atomic mass is 16.5. The van der Waals surface area contributed by atoms with Gasteiger partial charge in [-0.05, 0) is 87.2 Å². The minimum absolute atomic E-state index is 0.252. The minimum Gasteiger partial charge on any atom is -0.464 e. The van der Waals surface area contributed by atoms with Gasteiger partial charge < -0.3 is 9.30 Å². The maximum Gasteiger partial charge on any atom is 0.139 e. The van der Waals surface area contributed by atoms with E-state index in [0.29, 0.717) is 0 Å². The van der Waals surface area contributed by atoms with Gasteiger partial charge >= 0.3 is 0 Å². The molecule has 48 heavy (non-hydrogen) atoms. The largest absolute Gasteiger partial charge is 0.464 e. The molecular formula is C46H35NO. The highest BCUT2D eigenvalue weighted by molar-refractivity contribution is 6.19. The first kappa shape index (κ1) is 28.4. The molecule has 230 valence electrons. The molecule has 2 nitrogen and oxygen atoms in total. The van der Waals surface area contributed by atoms with Crippen molar-refractivity contribution >= 4 is 38.2 Å². The van der Waals surface area contributed by atoms with E-state index in [9.17, 15) is 0 Å². The van der Waals surface area contributed by atoms with Crippen molar-refractivity contribution in [2.45, 2.75) is 26.2 Å². The van der Waals surface area contributed by atoms with Gasteiger partial charge in [0, 0.05) is 32.7 Å². The van der Waals surface area contributed by atoms with E-state index < -0.39 is 0 Å². The second-order valence-electron chi connectivity index (χ2n) is 13.4. The van der Waals surface area contributed by atoms with Gasteiger partial charge in [-0.1, -0.05) is 118 Å². The molecule has 1 aromatic heterocycles. The SMILES string of the molecule is C=C1/C=C\C=C/Oc2c1ccc1c2C(C)(C)c2cc3c4ccccc4n(-c4ccc5c6c(cccc46)-c4ccccc4-5)c3cc2-1.C=CC. The van der Waals surface area contributed by atoms with Crippen LogP contribution in [0.5, 0.6) is 5.75 Å². The van der Waals surface area contributed by atoms with Crippen LogP contribution in [0.15, 0.2) is 147 Å². The van der Waals surface area contributed by atoms with Crippen LogP contribution < -0.4 is 4.74 Å². The molecule has 10 rings (SSSR count). The molecule has 2 aliphatic carbocycles. The summed E-state index contributed by atoms with van der Waals surface area (Å²) in [6, 6.07) is 38.4. The zero-order valence-corrected chi connectivity index (χ0v) is 27.5. The smallest absolute Gasteiger partial charge is 0.139 e. The molecule has 2 heterocycles. The first-order valence-electron chi connectivity index (χ1n) is 16.6. The van der Waals surface area contributed by atoms with Crippen molar-refractivity contribution in [1.29, 1.82) is 0 Å². The Labute approximate surface area is 281 Å². The van der Waals surface area contributed by atoms with Gasteiger partial charge in [-0.25, -0.2) is 0 Å². The Morgan fingerprint density at radius 3 is 2.12 bits per heavy atom. The standard InChI is InChI=1S/C43H29NO.C3H6/c1-25-11-8-9-22-45-42-26(25)18-19-32-34-24-39-35(23-36(34)43(2,3)41(32)42)29-14-6-7-17-37(29)44(39)38-21-20-31-28-13-5-4-12-27(28)30-15-10-16-33(38)40(30)31;1-3-2/h4-24H,1H2,2-3H3;3H,1H2,2H3/b11-8-,22-9-;. The Morgan fingerprint density at radius 1 is 0.646 bits per heavy atom. The van der Waals surface area contributed by atoms with Crippen LogP contribution in [0.2, 0.25) is 0 Å². The van der Waals surface area contributed by atoms with Crippen LogP contribution in [-0.4, -0.2) is 4.57 Å². The fourth-order valence-corrected chi connectivity index (χ4v) is 8.35. The predicted octanol–water partition coefficient (Wildman–Crippen LogP) is 12.6. The van der Waals surface area contributed by atoms with E-state index in [0.717, 1.165) is 16.9 Å². The highest BCUT2D eigenvalue weighted by Gasteiger charge is 2.40. The van der Waals surface area contributed by atoms with Crippen molar-refractivity contribution < 1.29 is 4.74 Å². The van der Waals surface area contributed by atoms with Crippen molar-refractivity contribution in [2.75, 3.05) is 0 Å². The lowest BCUT2D eigenvalue weighted by atomic mass is 9.80. The normalized spacial score (nSPS) is 15.8. The summed E-state index contributed by atoms with van der Waals surface area (Å²) in [4.78, 5) is 0. The molecule has 0 saturated heterocycles. The number of ether oxygens (including phenoxy) is 1. The summed E-state index contributed by atoms with van der Waals surface area (Å²) in [5.41, 5.74) is 15.7. The Hall–Kier alpha value is -5.86. The molecule has 0 radical (unpaired) electrons. The van der Waals surface area contributed by atoms with Crippen LogP contribution in [-0.2, 0) is 5.41 Å². The highest BCUT2D eigenvalue weighted by Crippen LogP contribution is 2.56. The van der Waals surface area contributed by atoms with Crippen molar-refractivity contribution in [3.8, 4) is 44.8 Å². The fraction of sp³-hybridized carbons (Fsp3) is 0.0870. The Kier molecular flexibility index (Phi) is 6.10. The van der Waals surface area contributed by atoms with E-state index in [-0.39, 0.29) is 5.41 Å². The van der Waals surface area contributed by atoms with Gasteiger partial charge in [0.2, 0.25) is 0 Å². The number of fused-ring (bicyclic) bond motifs is 11. The number of aromatic nitrogens is 1. The monoisotopic (exact) mass is 617 g/mol. The van der Waals surface area contributed by atoms with Crippen molar-refractivity contribution in [3.63, 3.8) is 0 Å². The third-order valence-corrected chi connectivity index (χ3v) is 10.3. The maximum absolute atomic E-state index is 6.36. The summed E-state index contributed by atoms with van der Waals surface area (Å²) in [6.07, 6.45) is 9.50. The number of nitrogens with zero attached hydrogens (tertiary/aromatic N) is 1. The molecule has 0 amide bonds. The van der Waals surface area contributed by atoms with Gasteiger partial charge in [0.15, 0.2) is 0 Å². The number of hydrogen-bond donors (Lipinski definition) is 0. The molecule has 0 spiro atoms. The average molecular weight is 618 g/mol. The summed E-state index contributed by atoms with van der Waals surface area (Å²) >= 11 is 0. The van der Waals surface area contributed by atoms with Crippen molar-refractivity contribution in [3.05, 3.63) is 164 Å². The Morgan fingerprint density at radius 2 is 1.31 bits per heavy atom. The topological polar surface area (TPSA) is 14.2 Å². The Bertz CT molecular complexity index is 2570. The molecule has 0 unspecified atom stereocenters. The van der Waals surface area contributed by atoms with Crippen LogP contribution in [0.4, 0.5) is 0 Å². The second kappa shape index (κ2) is 10.3. The molecule has 0 fully saturated rings. The number of benzene rings is 6. The maximum atomic E-state index is 6.36. The van der Waals surface area contributed by atoms with Gasteiger partial charge in [-0.2, -0.15) is 0 Å². The average Bonchev–Trinajstić information content (AvgIpc) is 3.68. The molecular weight excluding hydrogens is 583 g/mol. The molecule has 2 heteroatoms. The van der Waals surface area contributed by atoms with Crippen LogP contribution in [0, 0.1) is 0 Å². The zero-order valence-electron chi connectivity index (χ0n) is 27.5. The Balaban J connectivity index is 0.00000101. The van der Waals surface area contributed by atoms with Gasteiger partial charge in [-0.3, -0.25) is 0 Å². The number of para-hydroxylation sites is 1. The number of hydrogen-bond acceptors (Lipinski definition) is 1. The fourth-order valence-electron chi connectivity index (χ4n) is 8.35. The summed E-state index contributed by atoms with van der Waals surface area (Å²) in [5.74, 6) is 0.906. The third-order valence-electron chi connectivity index (χ3n) is 10.3. The first-order chi connectivity index (χ1) is 23.4. The van der Waals surface area contributed by atoms with E-state index in [1.54, 1.807) is 12.3 Å². The molecule has 6 aromatic carbocycles. The second-order valence-corrected chi connectivity index (χ2v) is 13.4. The molecule has 1 aliphatic heterocycles. The van der Waals surface area contributed by atoms with Gasteiger partial charge in [0.05, 0.1) is 23.0 Å². The molecule has 0 N–H and O–H groups in total. The molecule has 0 saturated carbocycles. The lowest BCUT2D eigenvalue weighted by Gasteiger charge is -2.25. The lowest BCUT2D eigenvalue weighted by molar-refractivity contribution is 0.462. The van der Waals surface area contributed by atoms with Crippen LogP contribution in [0.25, 0.3) is 77.2 Å². The quantitative estimate of drug-likeness (QED) is 0.167. The molecule has 0 atom stereocenters. The van der Waals surface area contributed by atoms with Crippen LogP contribution >= 0.6 is 0 Å². The minimum atomic E-state index is -0.252. The number of rotatable bonds is 1. The molecule has 3 aliphatic rings. The van der Waals surface area contributed by atoms with Crippen molar-refractivity contribution in [1.82, 2.24) is 4.57 Å². The third kappa shape index (κ3) is 3.74. The van der Waals surface area contributed by atoms with Crippen molar-refractivity contribution in [2.24, 2.45) is 0 Å².